The van der Waals surface area contributed by atoms with Crippen molar-refractivity contribution in [2.75, 3.05) is 144 Å². The number of phenolic OH excluding ortho intramolecular Hbond substituents is 1. The molecule has 0 unspecified atom stereocenters. The molecule has 4 atom stereocenters. The van der Waals surface area contributed by atoms with E-state index in [9.17, 15) is 51.6 Å². The van der Waals surface area contributed by atoms with E-state index in [1.807, 2.05) is 48.7 Å². The smallest absolute Gasteiger partial charge is 0.355 e. The van der Waals surface area contributed by atoms with E-state index in [2.05, 4.69) is 48.2 Å². The van der Waals surface area contributed by atoms with Gasteiger partial charge in [0.1, 0.15) is 41.9 Å². The number of rotatable bonds is 44. The fourth-order valence-electron chi connectivity index (χ4n) is 12.8. The Morgan fingerprint density at radius 2 is 1.30 bits per heavy atom. The molecule has 107 heavy (non-hydrogen) atoms. The Bertz CT molecular complexity index is 4170. The zero-order chi connectivity index (χ0) is 76.8. The molecule has 33 heteroatoms. The average molecular weight is 1510 g/mol. The molecule has 2 aromatic carbocycles. The third-order valence-electron chi connectivity index (χ3n) is 18.6. The zero-order valence-corrected chi connectivity index (χ0v) is 62.5. The Kier molecular flexibility index (Phi) is 30.2. The van der Waals surface area contributed by atoms with Gasteiger partial charge in [-0.3, -0.25) is 28.5 Å². The molecule has 0 saturated heterocycles. The molecule has 3 aromatic heterocycles. The molecule has 5 aromatic rings. The molecule has 32 nitrogen and oxygen atoms in total. The van der Waals surface area contributed by atoms with Crippen LogP contribution in [0, 0.1) is 5.92 Å². The number of cyclic esters (lactones) is 1. The minimum atomic E-state index is -4.62. The number of phenols is 1. The molecule has 582 valence electrons. The van der Waals surface area contributed by atoms with Gasteiger partial charge in [-0.1, -0.05) is 34.3 Å². The highest BCUT2D eigenvalue weighted by molar-refractivity contribution is 7.85. The van der Waals surface area contributed by atoms with Gasteiger partial charge < -0.3 is 88.5 Å². The lowest BCUT2D eigenvalue weighted by atomic mass is 9.81. The number of carbonyl (C=O) groups excluding carboxylic acids is 7. The largest absolute Gasteiger partial charge is 0.508 e. The van der Waals surface area contributed by atoms with Gasteiger partial charge in [-0.2, -0.15) is 8.42 Å². The monoisotopic (exact) mass is 1510 g/mol. The van der Waals surface area contributed by atoms with E-state index in [-0.39, 0.29) is 95.8 Å². The fourth-order valence-corrected chi connectivity index (χ4v) is 13.4. The Morgan fingerprint density at radius 1 is 0.701 bits per heavy atom. The number of aromatic nitrogens is 3. The summed E-state index contributed by atoms with van der Waals surface area (Å²) >= 11 is 0. The highest BCUT2D eigenvalue weighted by Crippen LogP contribution is 2.49. The third-order valence-corrected chi connectivity index (χ3v) is 19.3. The predicted octanol–water partition coefficient (Wildman–Crippen LogP) is 3.87. The molecule has 4 aliphatic heterocycles. The topological polar surface area (TPSA) is 387 Å². The van der Waals surface area contributed by atoms with Gasteiger partial charge in [0, 0.05) is 97.3 Å². The summed E-state index contributed by atoms with van der Waals surface area (Å²) in [6, 6.07) is 11.3. The molecule has 4 aliphatic rings. The van der Waals surface area contributed by atoms with E-state index in [1.165, 1.54) is 31.2 Å². The van der Waals surface area contributed by atoms with Crippen LogP contribution in [0.25, 0.3) is 27.6 Å². The third kappa shape index (κ3) is 22.0. The maximum absolute atomic E-state index is 14.0. The van der Waals surface area contributed by atoms with Gasteiger partial charge in [0.05, 0.1) is 141 Å². The number of benzene rings is 2. The first-order valence-corrected chi connectivity index (χ1v) is 37.5. The van der Waals surface area contributed by atoms with Crippen molar-refractivity contribution in [3.05, 3.63) is 124 Å². The highest BCUT2D eigenvalue weighted by Gasteiger charge is 2.53. The summed E-state index contributed by atoms with van der Waals surface area (Å²) in [5.41, 5.74) is 7.27. The van der Waals surface area contributed by atoms with Gasteiger partial charge in [0.2, 0.25) is 35.1 Å². The maximum Gasteiger partial charge on any atom is 0.355 e. The van der Waals surface area contributed by atoms with Crippen molar-refractivity contribution < 1.29 is 99.0 Å². The number of carbonyl (C=O) groups is 7. The lowest BCUT2D eigenvalue weighted by Gasteiger charge is -2.41. The number of hydrazine groups is 1. The van der Waals surface area contributed by atoms with Crippen molar-refractivity contribution in [1.82, 2.24) is 50.7 Å². The Hall–Kier alpha value is -8.84. The molecule has 0 fully saturated rings. The summed E-state index contributed by atoms with van der Waals surface area (Å²) in [6.07, 6.45) is 4.17. The summed E-state index contributed by atoms with van der Waals surface area (Å²) in [5.74, 6) is -5.61. The van der Waals surface area contributed by atoms with Gasteiger partial charge in [0.25, 0.3) is 10.1 Å². The number of amides is 5. The number of ether oxygens (including phenoxy) is 10. The Balaban J connectivity index is 0.548. The van der Waals surface area contributed by atoms with Crippen molar-refractivity contribution in [1.29, 1.82) is 0 Å². The van der Waals surface area contributed by atoms with E-state index in [0.29, 0.717) is 132 Å². The standard InChI is InChI=1S/C74H99N11O21S/c1-9-53-55-40-52(86)17-18-60(55)80-67-57(53)43-85-49(6)58-45-105-73(93)74(10-2,59(58)41-62(67)85)106-72(92)50-13-15-51(16-14-50)78-69(89)48(5)77-71(91)66(47(3)4)81-65(88)20-24-97-26-28-99-30-32-101-34-36-103-38-39-104-37-35-102-33-31-100-29-27-98-25-22-76-70(90)61(46-107(94,95)96)79-64(87)19-23-84-63-44-83(8)82(7)42-56(63)54-12-11-21-75-68(54)84/h11-18,21,40-41,47-48,61,66,86H,6,9-10,19-20,22-39,42-46H2,1-5,7-8H3,(H,76,90)(H,77,91)(H,78,89)(H,79,87)(H,81,88)(H,94,95,96)/t48-,61-,66-,74-/m0/s1. The molecule has 9 rings (SSSR count). The number of hydrogen-bond donors (Lipinski definition) is 7. The molecule has 0 aliphatic carbocycles. The Labute approximate surface area is 621 Å². The quantitative estimate of drug-likeness (QED) is 0.0165. The zero-order valence-electron chi connectivity index (χ0n) is 61.7. The van der Waals surface area contributed by atoms with Crippen molar-refractivity contribution in [2.24, 2.45) is 5.92 Å². The first-order valence-electron chi connectivity index (χ1n) is 35.9. The second kappa shape index (κ2) is 39.3. The maximum atomic E-state index is 14.0. The number of esters is 2. The van der Waals surface area contributed by atoms with Crippen molar-refractivity contribution >= 4 is 84.9 Å². The van der Waals surface area contributed by atoms with Gasteiger partial charge in [0.15, 0.2) is 0 Å². The normalized spacial score (nSPS) is 16.7. The SMILES string of the molecule is C=C1C2=C(C=C3c4nc5ccc(O)cc5c(CC)c4CN13)[C@](CC)(OC(=O)c1ccc(NC(=O)[C@H](C)NC(=O)[C@@H](NC(=O)CCOCCOCCOCCOCCOCCOCCOCCOCCNC(=O)[C@H](CS(=O)(=O)O)NC(=O)CCn3c4c(c5cccnc53)CN(C)N(C)C4)C(C)C)cc1)C(=O)OC2. The minimum Gasteiger partial charge on any atom is -0.508 e. The average Bonchev–Trinajstić information content (AvgIpc) is 1.66. The van der Waals surface area contributed by atoms with E-state index >= 15 is 0 Å². The second-order valence-corrected chi connectivity index (χ2v) is 27.8. The van der Waals surface area contributed by atoms with Gasteiger partial charge >= 0.3 is 11.9 Å². The summed E-state index contributed by atoms with van der Waals surface area (Å²) in [5, 5.41) is 29.4. The van der Waals surface area contributed by atoms with Crippen LogP contribution in [0.3, 0.4) is 0 Å². The summed E-state index contributed by atoms with van der Waals surface area (Å²) in [4.78, 5) is 105. The minimum absolute atomic E-state index is 0.0169. The van der Waals surface area contributed by atoms with Crippen LogP contribution >= 0.6 is 0 Å². The number of fused-ring (bicyclic) bond motifs is 7. The van der Waals surface area contributed by atoms with Crippen molar-refractivity contribution in [2.45, 2.75) is 110 Å². The number of hydrogen-bond acceptors (Lipinski definition) is 25. The number of pyridine rings is 2. The Morgan fingerprint density at radius 3 is 1.90 bits per heavy atom. The molecule has 7 heterocycles. The lowest BCUT2D eigenvalue weighted by molar-refractivity contribution is -0.163. The fraction of sp³-hybridized carbons (Fsp3) is 0.527. The van der Waals surface area contributed by atoms with E-state index in [1.54, 1.807) is 45.2 Å². The number of nitrogens with zero attached hydrogens (tertiary/aromatic N) is 6. The predicted molar refractivity (Wildman–Crippen MR) is 391 cm³/mol. The van der Waals surface area contributed by atoms with Crippen LogP contribution in [0.15, 0.2) is 90.3 Å². The molecule has 0 radical (unpaired) electrons. The van der Waals surface area contributed by atoms with E-state index in [0.717, 1.165) is 38.8 Å². The first kappa shape index (κ1) is 82.2. The number of aromatic hydroxyl groups is 1. The summed E-state index contributed by atoms with van der Waals surface area (Å²) in [7, 11) is -0.663. The molecular formula is C74H99N11O21S. The summed E-state index contributed by atoms with van der Waals surface area (Å²) in [6.45, 7) is 19.7. The van der Waals surface area contributed by atoms with Gasteiger partial charge in [-0.25, -0.2) is 29.6 Å². The molecule has 0 bridgehead atoms. The molecule has 0 spiro atoms. The number of aryl methyl sites for hydroxylation is 2. The van der Waals surface area contributed by atoms with E-state index < -0.39 is 81.1 Å². The lowest BCUT2D eigenvalue weighted by Crippen LogP contribution is -2.53. The van der Waals surface area contributed by atoms with Crippen LogP contribution in [-0.2, 0) is 119 Å². The second-order valence-electron chi connectivity index (χ2n) is 26.3. The van der Waals surface area contributed by atoms with Crippen molar-refractivity contribution in [3.8, 4) is 5.75 Å². The highest BCUT2D eigenvalue weighted by atomic mass is 32.2. The van der Waals surface area contributed by atoms with Crippen LogP contribution < -0.4 is 26.6 Å². The molecule has 5 amide bonds. The van der Waals surface area contributed by atoms with Crippen molar-refractivity contribution in [3.63, 3.8) is 0 Å². The molecule has 0 saturated carbocycles. The number of nitrogens with one attached hydrogen (secondary N) is 5. The van der Waals surface area contributed by atoms with Gasteiger partial charge in [-0.15, -0.1) is 0 Å². The van der Waals surface area contributed by atoms with E-state index in [4.69, 9.17) is 52.4 Å². The number of anilines is 1. The van der Waals surface area contributed by atoms with Crippen LogP contribution in [0.1, 0.15) is 92.3 Å². The summed E-state index contributed by atoms with van der Waals surface area (Å²) < 4.78 is 91.2. The van der Waals surface area contributed by atoms with Crippen LogP contribution in [0.2, 0.25) is 0 Å². The van der Waals surface area contributed by atoms with Crippen LogP contribution in [-0.4, -0.2) is 251 Å². The molecular weight excluding hydrogens is 1410 g/mol. The molecule has 7 N–H and O–H groups in total. The van der Waals surface area contributed by atoms with Crippen LogP contribution in [0.5, 0.6) is 5.75 Å². The first-order chi connectivity index (χ1) is 51.4. The van der Waals surface area contributed by atoms with Gasteiger partial charge in [-0.05, 0) is 97.5 Å². The van der Waals surface area contributed by atoms with Crippen LogP contribution in [0.4, 0.5) is 5.69 Å².